The van der Waals surface area contributed by atoms with E-state index in [1.807, 2.05) is 4.90 Å². The van der Waals surface area contributed by atoms with Crippen molar-refractivity contribution in [1.29, 1.82) is 0 Å². The Morgan fingerprint density at radius 1 is 1.15 bits per heavy atom. The Bertz CT molecular complexity index is 781. The van der Waals surface area contributed by atoms with Crippen molar-refractivity contribution in [2.75, 3.05) is 38.2 Å². The van der Waals surface area contributed by atoms with Crippen LogP contribution in [0.15, 0.2) is 28.7 Å². The molecule has 8 heteroatoms. The minimum Gasteiger partial charge on any atom is -0.497 e. The predicted molar refractivity (Wildman–Crippen MR) is 94.4 cm³/mol. The molecule has 1 amide bonds. The van der Waals surface area contributed by atoms with Crippen LogP contribution in [0.4, 0.5) is 6.01 Å². The van der Waals surface area contributed by atoms with Crippen molar-refractivity contribution in [1.82, 2.24) is 15.1 Å². The molecule has 3 rings (SSSR count). The van der Waals surface area contributed by atoms with Crippen LogP contribution < -0.4 is 9.64 Å². The van der Waals surface area contributed by atoms with Gasteiger partial charge in [0, 0.05) is 51.5 Å². The number of piperazine rings is 1. The zero-order chi connectivity index (χ0) is 18.5. The molecule has 26 heavy (non-hydrogen) atoms. The number of methoxy groups -OCH3 is 1. The molecule has 0 N–H and O–H groups in total. The van der Waals surface area contributed by atoms with E-state index in [-0.39, 0.29) is 24.5 Å². The number of nitrogens with zero attached hydrogens (tertiary/aromatic N) is 4. The molecule has 1 aromatic heterocycles. The van der Waals surface area contributed by atoms with Gasteiger partial charge in [-0.05, 0) is 12.1 Å². The average molecular weight is 358 g/mol. The van der Waals surface area contributed by atoms with Crippen molar-refractivity contribution in [2.45, 2.75) is 19.8 Å². The standard InChI is InChI=1S/C18H22N4O4/c1-13-19-20-18(26-13)22-10-8-21(9-11-22)17(24)7-6-16(23)14-4-3-5-15(12-14)25-2/h3-5,12H,6-11H2,1-2H3. The molecule has 0 unspecified atom stereocenters. The number of rotatable bonds is 6. The summed E-state index contributed by atoms with van der Waals surface area (Å²) in [6.07, 6.45) is 0.394. The Balaban J connectivity index is 1.47. The Labute approximate surface area is 151 Å². The third-order valence-corrected chi connectivity index (χ3v) is 4.38. The van der Waals surface area contributed by atoms with E-state index >= 15 is 0 Å². The second-order valence-corrected chi connectivity index (χ2v) is 6.13. The number of carbonyl (C=O) groups is 2. The minimum absolute atomic E-state index is 0.0115. The summed E-state index contributed by atoms with van der Waals surface area (Å²) in [7, 11) is 1.56. The molecular formula is C18H22N4O4. The number of Topliss-reactive ketones (excluding diaryl/α,β-unsaturated/α-hetero) is 1. The number of ether oxygens (including phenoxy) is 1. The van der Waals surface area contributed by atoms with Gasteiger partial charge in [-0.15, -0.1) is 5.10 Å². The monoisotopic (exact) mass is 358 g/mol. The van der Waals surface area contributed by atoms with Crippen LogP contribution in [0.1, 0.15) is 29.1 Å². The van der Waals surface area contributed by atoms with Gasteiger partial charge in [-0.1, -0.05) is 17.2 Å². The lowest BCUT2D eigenvalue weighted by Gasteiger charge is -2.33. The van der Waals surface area contributed by atoms with E-state index in [0.717, 1.165) is 0 Å². The molecule has 0 bridgehead atoms. The van der Waals surface area contributed by atoms with Gasteiger partial charge in [-0.2, -0.15) is 0 Å². The highest BCUT2D eigenvalue weighted by atomic mass is 16.5. The quantitative estimate of drug-likeness (QED) is 0.726. The SMILES string of the molecule is COc1cccc(C(=O)CCC(=O)N2CCN(c3nnc(C)o3)CC2)c1. The van der Waals surface area contributed by atoms with Crippen LogP contribution in [-0.4, -0.2) is 60.1 Å². The van der Waals surface area contributed by atoms with E-state index in [9.17, 15) is 9.59 Å². The maximum atomic E-state index is 12.4. The van der Waals surface area contributed by atoms with Crippen molar-refractivity contribution in [3.63, 3.8) is 0 Å². The van der Waals surface area contributed by atoms with Gasteiger partial charge >= 0.3 is 6.01 Å². The second-order valence-electron chi connectivity index (χ2n) is 6.13. The molecule has 1 aromatic carbocycles. The number of benzene rings is 1. The fourth-order valence-corrected chi connectivity index (χ4v) is 2.88. The van der Waals surface area contributed by atoms with Gasteiger partial charge < -0.3 is 19.0 Å². The van der Waals surface area contributed by atoms with Gasteiger partial charge in [0.2, 0.25) is 11.8 Å². The zero-order valence-electron chi connectivity index (χ0n) is 15.0. The number of anilines is 1. The lowest BCUT2D eigenvalue weighted by molar-refractivity contribution is -0.131. The molecule has 1 aliphatic heterocycles. The van der Waals surface area contributed by atoms with E-state index in [1.54, 1.807) is 43.2 Å². The molecule has 138 valence electrons. The van der Waals surface area contributed by atoms with Crippen molar-refractivity contribution in [3.8, 4) is 5.75 Å². The summed E-state index contributed by atoms with van der Waals surface area (Å²) in [5.74, 6) is 1.09. The smallest absolute Gasteiger partial charge is 0.318 e. The van der Waals surface area contributed by atoms with Gasteiger partial charge in [0.15, 0.2) is 5.78 Å². The van der Waals surface area contributed by atoms with E-state index < -0.39 is 0 Å². The maximum absolute atomic E-state index is 12.4. The summed E-state index contributed by atoms with van der Waals surface area (Å²) >= 11 is 0. The Morgan fingerprint density at radius 2 is 1.92 bits per heavy atom. The van der Waals surface area contributed by atoms with Crippen LogP contribution in [0.2, 0.25) is 0 Å². The van der Waals surface area contributed by atoms with Crippen molar-refractivity contribution < 1.29 is 18.7 Å². The molecule has 1 fully saturated rings. The van der Waals surface area contributed by atoms with Crippen LogP contribution in [0.25, 0.3) is 0 Å². The molecule has 2 heterocycles. The van der Waals surface area contributed by atoms with Crippen molar-refractivity contribution >= 4 is 17.7 Å². The Kier molecular flexibility index (Phi) is 5.50. The first kappa shape index (κ1) is 17.9. The largest absolute Gasteiger partial charge is 0.497 e. The fraction of sp³-hybridized carbons (Fsp3) is 0.444. The van der Waals surface area contributed by atoms with Gasteiger partial charge in [-0.3, -0.25) is 9.59 Å². The van der Waals surface area contributed by atoms with Crippen LogP contribution in [0.5, 0.6) is 5.75 Å². The lowest BCUT2D eigenvalue weighted by Crippen LogP contribution is -2.49. The molecule has 1 aliphatic rings. The number of aryl methyl sites for hydroxylation is 1. The van der Waals surface area contributed by atoms with Gasteiger partial charge in [0.25, 0.3) is 0 Å². The van der Waals surface area contributed by atoms with Gasteiger partial charge in [0.05, 0.1) is 7.11 Å². The number of carbonyl (C=O) groups excluding carboxylic acids is 2. The highest BCUT2D eigenvalue weighted by molar-refractivity contribution is 5.98. The number of aromatic nitrogens is 2. The molecule has 0 spiro atoms. The fourth-order valence-electron chi connectivity index (χ4n) is 2.88. The minimum atomic E-state index is -0.0581. The highest BCUT2D eigenvalue weighted by Crippen LogP contribution is 2.17. The van der Waals surface area contributed by atoms with Crippen molar-refractivity contribution in [3.05, 3.63) is 35.7 Å². The number of amides is 1. The van der Waals surface area contributed by atoms with Crippen LogP contribution in [0, 0.1) is 6.92 Å². The molecule has 0 atom stereocenters. The van der Waals surface area contributed by atoms with Crippen LogP contribution in [-0.2, 0) is 4.79 Å². The predicted octanol–water partition coefficient (Wildman–Crippen LogP) is 1.70. The van der Waals surface area contributed by atoms with Crippen molar-refractivity contribution in [2.24, 2.45) is 0 Å². The molecule has 1 saturated heterocycles. The second kappa shape index (κ2) is 7.99. The van der Waals surface area contributed by atoms with E-state index in [2.05, 4.69) is 10.2 Å². The number of ketones is 1. The molecule has 0 saturated carbocycles. The molecule has 8 nitrogen and oxygen atoms in total. The van der Waals surface area contributed by atoms with E-state index in [4.69, 9.17) is 9.15 Å². The summed E-state index contributed by atoms with van der Waals surface area (Å²) in [6, 6.07) is 7.47. The molecule has 0 aliphatic carbocycles. The lowest BCUT2D eigenvalue weighted by atomic mass is 10.1. The van der Waals surface area contributed by atoms with E-state index in [1.165, 1.54) is 0 Å². The first-order chi connectivity index (χ1) is 12.6. The van der Waals surface area contributed by atoms with E-state index in [0.29, 0.717) is 49.4 Å². The van der Waals surface area contributed by atoms with Gasteiger partial charge in [0.1, 0.15) is 5.75 Å². The summed E-state index contributed by atoms with van der Waals surface area (Å²) in [6.45, 7) is 4.17. The molecule has 0 radical (unpaired) electrons. The third-order valence-electron chi connectivity index (χ3n) is 4.38. The first-order valence-electron chi connectivity index (χ1n) is 8.57. The van der Waals surface area contributed by atoms with Gasteiger partial charge in [-0.25, -0.2) is 0 Å². The Morgan fingerprint density at radius 3 is 2.58 bits per heavy atom. The zero-order valence-corrected chi connectivity index (χ0v) is 15.0. The van der Waals surface area contributed by atoms with Crippen LogP contribution in [0.3, 0.4) is 0 Å². The van der Waals surface area contributed by atoms with Crippen LogP contribution >= 0.6 is 0 Å². The highest BCUT2D eigenvalue weighted by Gasteiger charge is 2.24. The normalized spacial score (nSPS) is 14.4. The summed E-state index contributed by atoms with van der Waals surface area (Å²) in [5.41, 5.74) is 0.564. The number of hydrogen-bond acceptors (Lipinski definition) is 7. The number of hydrogen-bond donors (Lipinski definition) is 0. The summed E-state index contributed by atoms with van der Waals surface area (Å²) < 4.78 is 10.5. The molecule has 2 aromatic rings. The molecular weight excluding hydrogens is 336 g/mol. The first-order valence-corrected chi connectivity index (χ1v) is 8.57. The Hall–Kier alpha value is -2.90. The average Bonchev–Trinajstić information content (AvgIpc) is 3.12. The summed E-state index contributed by atoms with van der Waals surface area (Å²) in [5, 5.41) is 7.82. The maximum Gasteiger partial charge on any atom is 0.318 e. The third kappa shape index (κ3) is 4.19. The summed E-state index contributed by atoms with van der Waals surface area (Å²) in [4.78, 5) is 28.4. The topological polar surface area (TPSA) is 88.8 Å².